The number of fused-ring (bicyclic) bond motifs is 4. The molecule has 0 saturated carbocycles. The van der Waals surface area contributed by atoms with E-state index < -0.39 is 11.9 Å². The highest BCUT2D eigenvalue weighted by Gasteiger charge is 2.25. The molecule has 2 aromatic carbocycles. The zero-order chi connectivity index (χ0) is 31.4. The molecule has 1 aliphatic heterocycles. The molecule has 0 unspecified atom stereocenters. The number of anilines is 2. The van der Waals surface area contributed by atoms with Gasteiger partial charge in [0.25, 0.3) is 5.91 Å². The third-order valence-corrected chi connectivity index (χ3v) is 7.91. The molecule has 3 amide bonds. The molecule has 4 aromatic rings. The number of ether oxygens (including phenoxy) is 1. The van der Waals surface area contributed by atoms with Crippen LogP contribution in [0.3, 0.4) is 0 Å². The van der Waals surface area contributed by atoms with Crippen molar-refractivity contribution >= 4 is 40.7 Å². The van der Waals surface area contributed by atoms with Crippen molar-refractivity contribution in [1.29, 1.82) is 0 Å². The van der Waals surface area contributed by atoms with Gasteiger partial charge in [0.05, 0.1) is 59.1 Å². The summed E-state index contributed by atoms with van der Waals surface area (Å²) in [4.78, 5) is 46.7. The first kappa shape index (κ1) is 30.9. The van der Waals surface area contributed by atoms with Crippen LogP contribution < -0.4 is 16.0 Å². The van der Waals surface area contributed by atoms with Gasteiger partial charge >= 0.3 is 0 Å². The monoisotopic (exact) mass is 621 g/mol. The number of hydrogen-bond acceptors (Lipinski definition) is 6. The van der Waals surface area contributed by atoms with Gasteiger partial charge in [0.1, 0.15) is 11.5 Å². The molecule has 2 atom stereocenters. The highest BCUT2D eigenvalue weighted by Crippen LogP contribution is 2.32. The minimum absolute atomic E-state index is 0.0424. The second-order valence-corrected chi connectivity index (χ2v) is 11.1. The summed E-state index contributed by atoms with van der Waals surface area (Å²) in [6.07, 6.45) is 5.01. The summed E-state index contributed by atoms with van der Waals surface area (Å²) in [6, 6.07) is 9.33. The topological polar surface area (TPSA) is 143 Å². The number of methoxy groups -OCH3 is 1. The van der Waals surface area contributed by atoms with Gasteiger partial charge in [-0.1, -0.05) is 31.0 Å². The fraction of sp³-hybridized carbons (Fsp3) is 0.323. The summed E-state index contributed by atoms with van der Waals surface area (Å²) in [5.74, 6) is -1.22. The number of carbonyl (C=O) groups excluding carboxylic acids is 3. The molecular weight excluding hydrogens is 589 g/mol. The quantitative estimate of drug-likeness (QED) is 0.213. The van der Waals surface area contributed by atoms with E-state index in [1.165, 1.54) is 30.1 Å². The number of amides is 3. The largest absolute Gasteiger partial charge is 0.384 e. The van der Waals surface area contributed by atoms with E-state index in [9.17, 15) is 18.8 Å². The number of aromatic nitrogens is 4. The van der Waals surface area contributed by atoms with Crippen LogP contribution in [0.4, 0.5) is 15.8 Å². The van der Waals surface area contributed by atoms with Crippen molar-refractivity contribution in [3.63, 3.8) is 0 Å². The Balaban J connectivity index is 1.42. The second-order valence-electron chi connectivity index (χ2n) is 10.7. The van der Waals surface area contributed by atoms with Gasteiger partial charge in [-0.25, -0.2) is 14.1 Å². The van der Waals surface area contributed by atoms with Crippen molar-refractivity contribution in [2.45, 2.75) is 45.6 Å². The normalized spacial score (nSPS) is 16.7. The summed E-state index contributed by atoms with van der Waals surface area (Å²) in [5.41, 5.74) is 3.20. The summed E-state index contributed by atoms with van der Waals surface area (Å²) >= 11 is 5.96. The molecule has 230 valence electrons. The lowest BCUT2D eigenvalue weighted by molar-refractivity contribution is -0.119. The average Bonchev–Trinajstić information content (AvgIpc) is 3.64. The molecule has 0 spiro atoms. The fourth-order valence-electron chi connectivity index (χ4n) is 5.09. The highest BCUT2D eigenvalue weighted by molar-refractivity contribution is 6.30. The number of aromatic amines is 1. The van der Waals surface area contributed by atoms with E-state index in [1.54, 1.807) is 37.4 Å². The number of imidazole rings is 1. The van der Waals surface area contributed by atoms with Crippen LogP contribution in [-0.4, -0.2) is 51.2 Å². The number of carbonyl (C=O) groups is 3. The fourth-order valence-corrected chi connectivity index (χ4v) is 5.26. The molecule has 0 fully saturated rings. The van der Waals surface area contributed by atoms with E-state index >= 15 is 0 Å². The Morgan fingerprint density at radius 3 is 2.82 bits per heavy atom. The minimum atomic E-state index is -0.629. The number of hydrogen-bond donors (Lipinski definition) is 4. The lowest BCUT2D eigenvalue weighted by Gasteiger charge is -2.20. The number of H-pyrrole nitrogens is 1. The Morgan fingerprint density at radius 1 is 1.20 bits per heavy atom. The Kier molecular flexibility index (Phi) is 9.40. The minimum Gasteiger partial charge on any atom is -0.384 e. The summed E-state index contributed by atoms with van der Waals surface area (Å²) < 4.78 is 21.0. The Hall–Kier alpha value is -4.55. The lowest BCUT2D eigenvalue weighted by Crippen LogP contribution is -2.29. The molecule has 0 aliphatic carbocycles. The van der Waals surface area contributed by atoms with Crippen molar-refractivity contribution in [1.82, 2.24) is 25.1 Å². The summed E-state index contributed by atoms with van der Waals surface area (Å²) in [6.45, 7) is 3.82. The van der Waals surface area contributed by atoms with Crippen LogP contribution in [0.1, 0.15) is 60.4 Å². The van der Waals surface area contributed by atoms with Gasteiger partial charge in [-0.15, -0.1) is 0 Å². The number of benzene rings is 2. The maximum absolute atomic E-state index is 14.7. The first-order chi connectivity index (χ1) is 21.2. The second kappa shape index (κ2) is 13.4. The van der Waals surface area contributed by atoms with Crippen LogP contribution in [0.25, 0.3) is 17.1 Å². The molecule has 1 aliphatic rings. The molecule has 0 radical (unpaired) electrons. The van der Waals surface area contributed by atoms with Gasteiger partial charge in [0.2, 0.25) is 11.8 Å². The maximum atomic E-state index is 14.7. The Bertz CT molecular complexity index is 1700. The predicted octanol–water partition coefficient (Wildman–Crippen LogP) is 5.57. The maximum Gasteiger partial charge on any atom is 0.255 e. The van der Waals surface area contributed by atoms with E-state index in [4.69, 9.17) is 16.3 Å². The molecule has 44 heavy (non-hydrogen) atoms. The first-order valence-electron chi connectivity index (χ1n) is 14.2. The molecule has 2 aromatic heterocycles. The third kappa shape index (κ3) is 6.66. The standard InChI is InChI=1S/C31H33ClFN7O4/c1-17-6-4-8-23(38-31(43)21-15-35-40(18(21)2)26-9-5-7-22(32)28(26)33)25-16-34-29(37-25)20-11-10-19(14-24(20)39-30(17)42)36-27(41)12-13-44-3/h5,7,9-11,14-17,23H,4,6,8,12-13H2,1-3H3,(H,34,37)(H,36,41)(H,38,43)(H,39,42)/t17-,23+/m1/s1. The molecule has 0 saturated heterocycles. The zero-order valence-corrected chi connectivity index (χ0v) is 25.3. The number of nitrogens with one attached hydrogen (secondary N) is 4. The van der Waals surface area contributed by atoms with E-state index in [0.717, 1.165) is 0 Å². The SMILES string of the molecule is COCCC(=O)Nc1ccc2c(c1)NC(=O)[C@H](C)CCC[C@H](NC(=O)c1cnn(-c3cccc(Cl)c3F)c1C)c1cnc-2[nH]1. The first-order valence-corrected chi connectivity index (χ1v) is 14.6. The number of rotatable bonds is 7. The van der Waals surface area contributed by atoms with Gasteiger partial charge in [-0.3, -0.25) is 14.4 Å². The van der Waals surface area contributed by atoms with Crippen LogP contribution in [0, 0.1) is 18.7 Å². The van der Waals surface area contributed by atoms with Gasteiger partial charge < -0.3 is 25.7 Å². The van der Waals surface area contributed by atoms with E-state index in [-0.39, 0.29) is 46.3 Å². The Labute approximate surface area is 258 Å². The Morgan fingerprint density at radius 2 is 2.02 bits per heavy atom. The number of nitrogens with zero attached hydrogens (tertiary/aromatic N) is 3. The van der Waals surface area contributed by atoms with Gasteiger partial charge in [0.15, 0.2) is 5.82 Å². The van der Waals surface area contributed by atoms with Crippen LogP contribution >= 0.6 is 11.6 Å². The van der Waals surface area contributed by atoms with E-state index in [0.29, 0.717) is 60.0 Å². The van der Waals surface area contributed by atoms with Gasteiger partial charge in [-0.2, -0.15) is 5.10 Å². The van der Waals surface area contributed by atoms with Crippen molar-refractivity contribution in [3.8, 4) is 17.1 Å². The summed E-state index contributed by atoms with van der Waals surface area (Å²) in [7, 11) is 1.53. The summed E-state index contributed by atoms with van der Waals surface area (Å²) in [5, 5.41) is 13.1. The predicted molar refractivity (Wildman–Crippen MR) is 164 cm³/mol. The lowest BCUT2D eigenvalue weighted by atomic mass is 9.98. The molecule has 3 heterocycles. The van der Waals surface area contributed by atoms with Gasteiger partial charge in [-0.05, 0) is 50.1 Å². The van der Waals surface area contributed by atoms with Crippen LogP contribution in [0.5, 0.6) is 0 Å². The molecular formula is C31H33ClFN7O4. The molecule has 2 bridgehead atoms. The number of halogens is 2. The van der Waals surface area contributed by atoms with Crippen molar-refractivity contribution in [2.75, 3.05) is 24.4 Å². The van der Waals surface area contributed by atoms with E-state index in [2.05, 4.69) is 31.0 Å². The van der Waals surface area contributed by atoms with Gasteiger partial charge in [0, 0.05) is 24.3 Å². The molecule has 5 rings (SSSR count). The van der Waals surface area contributed by atoms with Crippen LogP contribution in [0.15, 0.2) is 48.8 Å². The highest BCUT2D eigenvalue weighted by atomic mass is 35.5. The van der Waals surface area contributed by atoms with Crippen molar-refractivity contribution in [2.24, 2.45) is 5.92 Å². The smallest absolute Gasteiger partial charge is 0.255 e. The molecule has 11 nitrogen and oxygen atoms in total. The molecule has 13 heteroatoms. The van der Waals surface area contributed by atoms with Crippen molar-refractivity contribution in [3.05, 3.63) is 76.6 Å². The average molecular weight is 622 g/mol. The third-order valence-electron chi connectivity index (χ3n) is 7.62. The van der Waals surface area contributed by atoms with Crippen molar-refractivity contribution < 1.29 is 23.5 Å². The molecule has 4 N–H and O–H groups in total. The van der Waals surface area contributed by atoms with Crippen LogP contribution in [-0.2, 0) is 14.3 Å². The van der Waals surface area contributed by atoms with Crippen LogP contribution in [0.2, 0.25) is 5.02 Å². The van der Waals surface area contributed by atoms with E-state index in [1.807, 2.05) is 6.92 Å². The zero-order valence-electron chi connectivity index (χ0n) is 24.5.